The van der Waals surface area contributed by atoms with E-state index in [0.717, 1.165) is 5.54 Å². The summed E-state index contributed by atoms with van der Waals surface area (Å²) >= 11 is 29.2. The summed E-state index contributed by atoms with van der Waals surface area (Å²) in [4.78, 5) is 9.62. The quantitative estimate of drug-likeness (QED) is 0.687. The Hall–Kier alpha value is 0.950. The van der Waals surface area contributed by atoms with Crippen LogP contribution in [0.3, 0.4) is 0 Å². The van der Waals surface area contributed by atoms with E-state index in [9.17, 15) is 4.79 Å². The van der Waals surface area contributed by atoms with Crippen LogP contribution in [0.5, 0.6) is 0 Å². The summed E-state index contributed by atoms with van der Waals surface area (Å²) in [5, 5.41) is 7.85. The molecule has 1 N–H and O–H groups in total. The Balaban J connectivity index is 0. The van der Waals surface area contributed by atoms with Crippen molar-refractivity contribution in [1.29, 1.82) is 0 Å². The fourth-order valence-electron chi connectivity index (χ4n) is 0. The molecular weight excluding hydrogens is 293 g/mol. The molecule has 0 radical (unpaired) electrons. The van der Waals surface area contributed by atoms with Crippen LogP contribution in [0, 0.1) is 0 Å². The van der Waals surface area contributed by atoms with E-state index in [-0.39, 0.29) is 4.49 Å². The van der Waals surface area contributed by atoms with Crippen molar-refractivity contribution in [3.8, 4) is 0 Å². The van der Waals surface area contributed by atoms with Crippen LogP contribution in [0.25, 0.3) is 0 Å². The van der Waals surface area contributed by atoms with Gasteiger partial charge in [-0.05, 0) is 0 Å². The number of carboxylic acid groups (broad SMARTS) is 1. The molecule has 0 aromatic heterocycles. The van der Waals surface area contributed by atoms with Crippen molar-refractivity contribution in [1.82, 2.24) is 0 Å². The Morgan fingerprint density at radius 3 is 1.42 bits per heavy atom. The summed E-state index contributed by atoms with van der Waals surface area (Å²) < 4.78 is -2.08. The van der Waals surface area contributed by atoms with Gasteiger partial charge in [-0.25, -0.2) is 4.79 Å². The summed E-state index contributed by atoms with van der Waals surface area (Å²) in [6, 6.07) is 0. The zero-order valence-electron chi connectivity index (χ0n) is 5.20. The fourth-order valence-corrected chi connectivity index (χ4v) is 0. The second-order valence-electron chi connectivity index (χ2n) is 1.20. The van der Waals surface area contributed by atoms with E-state index in [1.807, 2.05) is 0 Å². The van der Waals surface area contributed by atoms with E-state index in [1.165, 1.54) is 0 Å². The third-order valence-corrected chi connectivity index (χ3v) is 1.47. The molecule has 0 saturated carbocycles. The molecule has 0 aliphatic heterocycles. The first-order valence-electron chi connectivity index (χ1n) is 2.13. The van der Waals surface area contributed by atoms with Gasteiger partial charge in [0.25, 0.3) is 3.79 Å². The molecule has 0 aliphatic rings. The molecule has 0 atom stereocenters. The zero-order chi connectivity index (χ0) is 10.4. The number of rotatable bonds is 0. The summed E-state index contributed by atoms with van der Waals surface area (Å²) in [5.74, 6) is -1.46. The van der Waals surface area contributed by atoms with Gasteiger partial charge >= 0.3 is 5.97 Å². The number of carboxylic acids is 1. The summed E-state index contributed by atoms with van der Waals surface area (Å²) in [6.07, 6.45) is 0. The van der Waals surface area contributed by atoms with Crippen LogP contribution < -0.4 is 0 Å². The minimum Gasteiger partial charge on any atom is -0.478 e. The van der Waals surface area contributed by atoms with E-state index in [1.54, 1.807) is 0 Å². The summed E-state index contributed by atoms with van der Waals surface area (Å²) in [6.45, 7) is 0. The number of carbonyl (C=O) groups is 1. The molecule has 0 spiro atoms. The lowest BCUT2D eigenvalue weighted by Crippen LogP contribution is -2.16. The predicted octanol–water partition coefficient (Wildman–Crippen LogP) is 3.94. The maximum atomic E-state index is 9.62. The Labute approximate surface area is 98.9 Å². The Morgan fingerprint density at radius 1 is 1.25 bits per heavy atom. The van der Waals surface area contributed by atoms with Gasteiger partial charge in [0.15, 0.2) is 0 Å². The highest BCUT2D eigenvalue weighted by molar-refractivity contribution is 6.75. The average Bonchev–Trinajstić information content (AvgIpc) is 1.87. The molecule has 0 aromatic carbocycles. The van der Waals surface area contributed by atoms with Crippen molar-refractivity contribution in [2.75, 3.05) is 0 Å². The highest BCUT2D eigenvalue weighted by Gasteiger charge is 2.29. The molecular formula is C4H2Cl6O2. The topological polar surface area (TPSA) is 37.3 Å². The normalized spacial score (nSPS) is 9.50. The van der Waals surface area contributed by atoms with Gasteiger partial charge in [0.1, 0.15) is 4.49 Å². The van der Waals surface area contributed by atoms with Crippen molar-refractivity contribution in [3.05, 3.63) is 10.0 Å². The van der Waals surface area contributed by atoms with E-state index >= 15 is 0 Å². The molecule has 8 heteroatoms. The average molecular weight is 295 g/mol. The van der Waals surface area contributed by atoms with E-state index in [0.29, 0.717) is 0 Å². The first-order valence-corrected chi connectivity index (χ1v) is 4.46. The molecule has 72 valence electrons. The van der Waals surface area contributed by atoms with Gasteiger partial charge in [-0.2, -0.15) is 0 Å². The van der Waals surface area contributed by atoms with Crippen LogP contribution in [0.15, 0.2) is 10.0 Å². The molecule has 2 nitrogen and oxygen atoms in total. The largest absolute Gasteiger partial charge is 0.478 e. The predicted molar refractivity (Wildman–Crippen MR) is 53.6 cm³/mol. The van der Waals surface area contributed by atoms with Gasteiger partial charge in [0.2, 0.25) is 0 Å². The number of halogens is 6. The Kier molecular flexibility index (Phi) is 9.46. The molecule has 0 unspecified atom stereocenters. The van der Waals surface area contributed by atoms with Crippen molar-refractivity contribution >= 4 is 75.6 Å². The minimum atomic E-state index is -2.17. The van der Waals surface area contributed by atoms with Gasteiger partial charge in [0.05, 0.1) is 0 Å². The maximum absolute atomic E-state index is 9.62. The Morgan fingerprint density at radius 2 is 1.42 bits per heavy atom. The fraction of sp³-hybridized carbons (Fsp3) is 0.250. The lowest BCUT2D eigenvalue weighted by molar-refractivity contribution is -0.135. The molecule has 0 saturated heterocycles. The number of hydrogen-bond acceptors (Lipinski definition) is 1. The summed E-state index contributed by atoms with van der Waals surface area (Å²) in [5.41, 5.74) is 1.09. The lowest BCUT2D eigenvalue weighted by atomic mass is 10.8. The molecule has 0 bridgehead atoms. The molecule has 12 heavy (non-hydrogen) atoms. The number of alkyl halides is 3. The molecule has 0 aromatic rings. The molecule has 0 fully saturated rings. The van der Waals surface area contributed by atoms with Crippen molar-refractivity contribution in [2.24, 2.45) is 0 Å². The molecule has 0 heterocycles. The van der Waals surface area contributed by atoms with Gasteiger partial charge in [-0.15, -0.1) is 0 Å². The van der Waals surface area contributed by atoms with Crippen molar-refractivity contribution in [2.45, 2.75) is 3.79 Å². The maximum Gasteiger partial charge on any atom is 0.356 e. The number of hydrogen-bond donors (Lipinski definition) is 1. The second-order valence-corrected chi connectivity index (χ2v) is 4.71. The van der Waals surface area contributed by atoms with Crippen LogP contribution >= 0.6 is 69.6 Å². The standard InChI is InChI=1S/C2HCl3O2.C2HCl3/c3-2(4,5)1(6)7;3-1-2(4)5/h(H,6,7);1H. The second kappa shape index (κ2) is 7.36. The van der Waals surface area contributed by atoms with Crippen LogP contribution in [-0.2, 0) is 4.79 Å². The summed E-state index contributed by atoms with van der Waals surface area (Å²) in [7, 11) is 0. The third kappa shape index (κ3) is 13.5. The first-order chi connectivity index (χ1) is 5.21. The van der Waals surface area contributed by atoms with Crippen LogP contribution in [0.1, 0.15) is 0 Å². The highest BCUT2D eigenvalue weighted by Crippen LogP contribution is 2.25. The zero-order valence-corrected chi connectivity index (χ0v) is 9.74. The highest BCUT2D eigenvalue weighted by atomic mass is 35.6. The van der Waals surface area contributed by atoms with Crippen molar-refractivity contribution < 1.29 is 9.90 Å². The third-order valence-electron chi connectivity index (χ3n) is 0.325. The monoisotopic (exact) mass is 292 g/mol. The van der Waals surface area contributed by atoms with Gasteiger partial charge < -0.3 is 5.11 Å². The van der Waals surface area contributed by atoms with Crippen LogP contribution in [0.4, 0.5) is 0 Å². The van der Waals surface area contributed by atoms with E-state index < -0.39 is 9.76 Å². The molecule has 0 aliphatic carbocycles. The van der Waals surface area contributed by atoms with Crippen LogP contribution in [-0.4, -0.2) is 14.9 Å². The van der Waals surface area contributed by atoms with Crippen LogP contribution in [0.2, 0.25) is 0 Å². The van der Waals surface area contributed by atoms with Gasteiger partial charge in [-0.1, -0.05) is 69.6 Å². The van der Waals surface area contributed by atoms with Gasteiger partial charge in [0, 0.05) is 5.54 Å². The SMILES string of the molecule is ClC=C(Cl)Cl.O=C(O)C(Cl)(Cl)Cl. The van der Waals surface area contributed by atoms with Gasteiger partial charge in [-0.3, -0.25) is 0 Å². The van der Waals surface area contributed by atoms with E-state index in [4.69, 9.17) is 74.7 Å². The van der Waals surface area contributed by atoms with Crippen molar-refractivity contribution in [3.63, 3.8) is 0 Å². The minimum absolute atomic E-state index is 0.0895. The lowest BCUT2D eigenvalue weighted by Gasteiger charge is -1.99. The van der Waals surface area contributed by atoms with E-state index in [2.05, 4.69) is 0 Å². The molecule has 0 amide bonds. The number of aliphatic carboxylic acids is 1. The molecule has 0 rings (SSSR count). The Bertz CT molecular complexity index is 167. The smallest absolute Gasteiger partial charge is 0.356 e. The first kappa shape index (κ1) is 15.4.